The van der Waals surface area contributed by atoms with Crippen molar-refractivity contribution in [2.45, 2.75) is 31.9 Å². The molecule has 5 heteroatoms. The largest absolute Gasteiger partial charge is 0.493 e. The molecule has 4 aromatic rings. The Hall–Kier alpha value is -3.83. The molecule has 0 saturated heterocycles. The zero-order chi connectivity index (χ0) is 26.8. The van der Waals surface area contributed by atoms with Crippen LogP contribution in [0.4, 0.5) is 11.4 Å². The monoisotopic (exact) mass is 578 g/mol. The van der Waals surface area contributed by atoms with Crippen LogP contribution in [0.15, 0.2) is 107 Å². The van der Waals surface area contributed by atoms with E-state index < -0.39 is 0 Å². The van der Waals surface area contributed by atoms with Crippen LogP contribution in [0, 0.1) is 12.8 Å². The Bertz CT molecular complexity index is 1530. The van der Waals surface area contributed by atoms with Gasteiger partial charge in [0.25, 0.3) is 0 Å². The molecule has 6 rings (SSSR count). The van der Waals surface area contributed by atoms with E-state index in [2.05, 4.69) is 113 Å². The number of aliphatic imine (C=N–C) groups is 1. The Labute approximate surface area is 238 Å². The second-order valence-electron chi connectivity index (χ2n) is 10.2. The van der Waals surface area contributed by atoms with Crippen LogP contribution in [0.5, 0.6) is 11.5 Å². The van der Waals surface area contributed by atoms with Crippen LogP contribution in [-0.2, 0) is 6.61 Å². The number of nitrogens with zero attached hydrogens (tertiary/aromatic N) is 1. The molecular weight excluding hydrogens is 548 g/mol. The molecule has 0 saturated carbocycles. The van der Waals surface area contributed by atoms with E-state index in [9.17, 15) is 0 Å². The molecule has 2 aliphatic rings. The summed E-state index contributed by atoms with van der Waals surface area (Å²) in [5, 5.41) is 3.80. The normalized spacial score (nSPS) is 19.4. The molecule has 0 radical (unpaired) electrons. The Morgan fingerprint density at radius 3 is 2.59 bits per heavy atom. The molecular formula is C34H31BrN2O2. The minimum atomic E-state index is 0.283. The first-order valence-electron chi connectivity index (χ1n) is 13.3. The standard InChI is InChI=1S/C34H31BrN2O2/c1-22-10-12-23(13-11-22)21-39-34-30(35)18-24(19-32(34)38-2)20-36-26-16-14-25(15-17-26)33-29-8-5-7-27(29)28-6-3-4-9-31(28)37-33/h3-7,9-20,27,29,33,37H,8,21H2,1-2H3/t27-,29+,33-/m0/s1. The minimum absolute atomic E-state index is 0.283. The van der Waals surface area contributed by atoms with Gasteiger partial charge in [-0.05, 0) is 87.8 Å². The number of anilines is 1. The summed E-state index contributed by atoms with van der Waals surface area (Å²) in [7, 11) is 1.66. The molecule has 0 aromatic heterocycles. The molecule has 1 N–H and O–H groups in total. The number of allylic oxidation sites excluding steroid dienone is 2. The van der Waals surface area contributed by atoms with Gasteiger partial charge in [-0.25, -0.2) is 0 Å². The highest BCUT2D eigenvalue weighted by Gasteiger charge is 2.37. The number of fused-ring (bicyclic) bond motifs is 3. The van der Waals surface area contributed by atoms with Gasteiger partial charge in [-0.3, -0.25) is 4.99 Å². The van der Waals surface area contributed by atoms with Gasteiger partial charge in [-0.15, -0.1) is 0 Å². The molecule has 4 nitrogen and oxygen atoms in total. The minimum Gasteiger partial charge on any atom is -0.493 e. The second-order valence-corrected chi connectivity index (χ2v) is 11.1. The third-order valence-corrected chi connectivity index (χ3v) is 8.23. The first kappa shape index (κ1) is 25.4. The van der Waals surface area contributed by atoms with E-state index in [0.717, 1.165) is 27.7 Å². The van der Waals surface area contributed by atoms with Crippen molar-refractivity contribution in [3.63, 3.8) is 0 Å². The summed E-state index contributed by atoms with van der Waals surface area (Å²) in [4.78, 5) is 4.74. The summed E-state index contributed by atoms with van der Waals surface area (Å²) in [6, 6.07) is 29.8. The third kappa shape index (κ3) is 5.37. The Kier molecular flexibility index (Phi) is 7.25. The smallest absolute Gasteiger partial charge is 0.175 e. The molecule has 4 aromatic carbocycles. The number of rotatable bonds is 7. The summed E-state index contributed by atoms with van der Waals surface area (Å²) < 4.78 is 12.6. The van der Waals surface area contributed by atoms with Gasteiger partial charge in [-0.1, -0.05) is 72.3 Å². The van der Waals surface area contributed by atoms with Crippen molar-refractivity contribution in [1.29, 1.82) is 0 Å². The predicted molar refractivity (Wildman–Crippen MR) is 163 cm³/mol. The summed E-state index contributed by atoms with van der Waals surface area (Å²) in [5.74, 6) is 2.35. The lowest BCUT2D eigenvalue weighted by Gasteiger charge is -2.37. The topological polar surface area (TPSA) is 42.8 Å². The lowest BCUT2D eigenvalue weighted by molar-refractivity contribution is 0.282. The highest BCUT2D eigenvalue weighted by Crippen LogP contribution is 2.49. The number of methoxy groups -OCH3 is 1. The Morgan fingerprint density at radius 2 is 1.79 bits per heavy atom. The molecule has 39 heavy (non-hydrogen) atoms. The van der Waals surface area contributed by atoms with Gasteiger partial charge in [0.15, 0.2) is 11.5 Å². The van der Waals surface area contributed by atoms with Crippen LogP contribution in [0.3, 0.4) is 0 Å². The maximum Gasteiger partial charge on any atom is 0.175 e. The number of hydrogen-bond donors (Lipinski definition) is 1. The van der Waals surface area contributed by atoms with Gasteiger partial charge < -0.3 is 14.8 Å². The van der Waals surface area contributed by atoms with Gasteiger partial charge in [0.2, 0.25) is 0 Å². The van der Waals surface area contributed by atoms with E-state index in [4.69, 9.17) is 14.5 Å². The van der Waals surface area contributed by atoms with E-state index >= 15 is 0 Å². The molecule has 1 heterocycles. The molecule has 0 bridgehead atoms. The van der Waals surface area contributed by atoms with Gasteiger partial charge in [0.05, 0.1) is 23.3 Å². The molecule has 196 valence electrons. The van der Waals surface area contributed by atoms with Crippen LogP contribution in [0.25, 0.3) is 0 Å². The summed E-state index contributed by atoms with van der Waals surface area (Å²) in [6.45, 7) is 2.54. The van der Waals surface area contributed by atoms with Gasteiger partial charge >= 0.3 is 0 Å². The maximum absolute atomic E-state index is 6.10. The summed E-state index contributed by atoms with van der Waals surface area (Å²) in [6.07, 6.45) is 7.66. The van der Waals surface area contributed by atoms with Crippen LogP contribution < -0.4 is 14.8 Å². The zero-order valence-electron chi connectivity index (χ0n) is 22.1. The van der Waals surface area contributed by atoms with E-state index in [-0.39, 0.29) is 6.04 Å². The molecule has 0 fully saturated rings. The van der Waals surface area contributed by atoms with Crippen LogP contribution in [0.1, 0.15) is 46.2 Å². The molecule has 3 atom stereocenters. The number of ether oxygens (including phenoxy) is 2. The predicted octanol–water partition coefficient (Wildman–Crippen LogP) is 8.92. The SMILES string of the molecule is COc1cc(C=Nc2ccc([C@@H]3Nc4ccccc4[C@@H]4C=CC[C@H]43)cc2)cc(Br)c1OCc1ccc(C)cc1. The lowest BCUT2D eigenvalue weighted by Crippen LogP contribution is -2.28. The average molecular weight is 580 g/mol. The van der Waals surface area contributed by atoms with E-state index in [1.54, 1.807) is 7.11 Å². The molecule has 0 unspecified atom stereocenters. The van der Waals surface area contributed by atoms with Gasteiger partial charge in [0, 0.05) is 17.8 Å². The van der Waals surface area contributed by atoms with Crippen molar-refractivity contribution in [1.82, 2.24) is 0 Å². The Balaban J connectivity index is 1.16. The number of benzene rings is 4. The average Bonchev–Trinajstić information content (AvgIpc) is 3.46. The zero-order valence-corrected chi connectivity index (χ0v) is 23.7. The number of hydrogen-bond acceptors (Lipinski definition) is 4. The van der Waals surface area contributed by atoms with Crippen LogP contribution in [0.2, 0.25) is 0 Å². The van der Waals surface area contributed by atoms with E-state index in [0.29, 0.717) is 29.9 Å². The number of halogens is 1. The second kappa shape index (κ2) is 11.1. The Morgan fingerprint density at radius 1 is 1.00 bits per heavy atom. The molecule has 1 aliphatic heterocycles. The van der Waals surface area contributed by atoms with Crippen molar-refractivity contribution in [3.05, 3.63) is 129 Å². The maximum atomic E-state index is 6.10. The van der Waals surface area contributed by atoms with Crippen molar-refractivity contribution in [2.75, 3.05) is 12.4 Å². The fraction of sp³-hybridized carbons (Fsp3) is 0.206. The van der Waals surface area contributed by atoms with Gasteiger partial charge in [-0.2, -0.15) is 0 Å². The first-order chi connectivity index (χ1) is 19.1. The van der Waals surface area contributed by atoms with E-state index in [1.165, 1.54) is 22.4 Å². The fourth-order valence-electron chi connectivity index (χ4n) is 5.58. The van der Waals surface area contributed by atoms with E-state index in [1.807, 2.05) is 18.3 Å². The van der Waals surface area contributed by atoms with Crippen molar-refractivity contribution in [2.24, 2.45) is 10.9 Å². The summed E-state index contributed by atoms with van der Waals surface area (Å²) in [5.41, 5.74) is 8.11. The van der Waals surface area contributed by atoms with Crippen molar-refractivity contribution >= 4 is 33.5 Å². The van der Waals surface area contributed by atoms with Crippen molar-refractivity contribution in [3.8, 4) is 11.5 Å². The fourth-order valence-corrected chi connectivity index (χ4v) is 6.16. The number of nitrogens with one attached hydrogen (secondary N) is 1. The van der Waals surface area contributed by atoms with Gasteiger partial charge in [0.1, 0.15) is 6.61 Å². The first-order valence-corrected chi connectivity index (χ1v) is 14.1. The lowest BCUT2D eigenvalue weighted by atomic mass is 9.77. The molecule has 1 aliphatic carbocycles. The summed E-state index contributed by atoms with van der Waals surface area (Å²) >= 11 is 3.66. The number of aryl methyl sites for hydroxylation is 1. The van der Waals surface area contributed by atoms with Crippen LogP contribution in [-0.4, -0.2) is 13.3 Å². The molecule has 0 spiro atoms. The number of para-hydroxylation sites is 1. The van der Waals surface area contributed by atoms with Crippen LogP contribution >= 0.6 is 15.9 Å². The molecule has 0 amide bonds. The third-order valence-electron chi connectivity index (χ3n) is 7.64. The quantitative estimate of drug-likeness (QED) is 0.176. The highest BCUT2D eigenvalue weighted by atomic mass is 79.9. The highest BCUT2D eigenvalue weighted by molar-refractivity contribution is 9.10. The van der Waals surface area contributed by atoms with Crippen molar-refractivity contribution < 1.29 is 9.47 Å².